The molecule has 1 N–H and O–H groups in total. The smallest absolute Gasteiger partial charge is 0.341 e. The molecule has 0 saturated carbocycles. The SMILES string of the molecule is CCOC(=O)c1c(NC(=O)c2ccc(S(=O)(=O)N3CCCCC3C)cc2)sc2c1CCN(Cc1ccccc1)C2. The van der Waals surface area contributed by atoms with Crippen LogP contribution in [0, 0.1) is 0 Å². The van der Waals surface area contributed by atoms with Crippen LogP contribution in [0.5, 0.6) is 0 Å². The van der Waals surface area contributed by atoms with Gasteiger partial charge < -0.3 is 10.1 Å². The third-order valence-electron chi connectivity index (χ3n) is 7.56. The second-order valence-corrected chi connectivity index (χ2v) is 13.3. The number of hydrogen-bond donors (Lipinski definition) is 1. The number of ether oxygens (including phenoxy) is 1. The fourth-order valence-electron chi connectivity index (χ4n) is 5.46. The lowest BCUT2D eigenvalue weighted by atomic mass is 10.0. The van der Waals surface area contributed by atoms with Gasteiger partial charge >= 0.3 is 5.97 Å². The molecule has 1 amide bonds. The van der Waals surface area contributed by atoms with E-state index in [1.165, 1.54) is 41.2 Å². The van der Waals surface area contributed by atoms with Gasteiger partial charge in [-0.05, 0) is 68.5 Å². The van der Waals surface area contributed by atoms with E-state index in [1.807, 2.05) is 25.1 Å². The van der Waals surface area contributed by atoms with Crippen molar-refractivity contribution in [1.29, 1.82) is 0 Å². The van der Waals surface area contributed by atoms with Crippen molar-refractivity contribution >= 4 is 38.2 Å². The first-order valence-electron chi connectivity index (χ1n) is 13.8. The van der Waals surface area contributed by atoms with Crippen LogP contribution in [0.2, 0.25) is 0 Å². The highest BCUT2D eigenvalue weighted by molar-refractivity contribution is 7.89. The number of piperidine rings is 1. The van der Waals surface area contributed by atoms with Crippen molar-refractivity contribution in [2.45, 2.75) is 63.6 Å². The molecule has 1 fully saturated rings. The first-order chi connectivity index (χ1) is 19.3. The Kier molecular flexibility index (Phi) is 8.70. The van der Waals surface area contributed by atoms with Crippen LogP contribution in [-0.2, 0) is 34.3 Å². The van der Waals surface area contributed by atoms with Gasteiger partial charge in [-0.2, -0.15) is 4.31 Å². The van der Waals surface area contributed by atoms with Crippen molar-refractivity contribution in [2.75, 3.05) is 25.0 Å². The van der Waals surface area contributed by atoms with Gasteiger partial charge in [-0.25, -0.2) is 13.2 Å². The lowest BCUT2D eigenvalue weighted by Crippen LogP contribution is -2.41. The number of amides is 1. The summed E-state index contributed by atoms with van der Waals surface area (Å²) in [7, 11) is -3.63. The minimum Gasteiger partial charge on any atom is -0.462 e. The summed E-state index contributed by atoms with van der Waals surface area (Å²) < 4.78 is 33.3. The summed E-state index contributed by atoms with van der Waals surface area (Å²) in [5, 5.41) is 3.38. The molecule has 3 heterocycles. The van der Waals surface area contributed by atoms with Gasteiger partial charge in [0.25, 0.3) is 5.91 Å². The number of anilines is 1. The number of thiophene rings is 1. The van der Waals surface area contributed by atoms with E-state index in [0.29, 0.717) is 35.6 Å². The van der Waals surface area contributed by atoms with Crippen molar-refractivity contribution < 1.29 is 22.7 Å². The lowest BCUT2D eigenvalue weighted by Gasteiger charge is -2.32. The number of sulfonamides is 1. The van der Waals surface area contributed by atoms with E-state index in [2.05, 4.69) is 22.3 Å². The van der Waals surface area contributed by atoms with Crippen LogP contribution < -0.4 is 5.32 Å². The van der Waals surface area contributed by atoms with E-state index in [0.717, 1.165) is 42.8 Å². The first kappa shape index (κ1) is 28.5. The van der Waals surface area contributed by atoms with Gasteiger partial charge in [-0.1, -0.05) is 36.8 Å². The Morgan fingerprint density at radius 1 is 1.05 bits per heavy atom. The lowest BCUT2D eigenvalue weighted by molar-refractivity contribution is 0.0526. The normalized spacial score (nSPS) is 18.2. The molecule has 2 aliphatic rings. The third kappa shape index (κ3) is 6.00. The molecule has 5 rings (SSSR count). The van der Waals surface area contributed by atoms with Crippen LogP contribution >= 0.6 is 11.3 Å². The number of benzene rings is 2. The van der Waals surface area contributed by atoms with Crippen LogP contribution in [-0.4, -0.2) is 55.2 Å². The molecule has 1 unspecified atom stereocenters. The van der Waals surface area contributed by atoms with E-state index >= 15 is 0 Å². The van der Waals surface area contributed by atoms with Gasteiger partial charge in [0, 0.05) is 42.7 Å². The van der Waals surface area contributed by atoms with Gasteiger partial charge in [0.2, 0.25) is 10.0 Å². The average molecular weight is 582 g/mol. The molecule has 8 nitrogen and oxygen atoms in total. The second-order valence-electron chi connectivity index (χ2n) is 10.3. The Morgan fingerprint density at radius 3 is 2.50 bits per heavy atom. The number of carbonyl (C=O) groups is 2. The Balaban J connectivity index is 1.35. The van der Waals surface area contributed by atoms with E-state index in [1.54, 1.807) is 11.2 Å². The summed E-state index contributed by atoms with van der Waals surface area (Å²) in [6, 6.07) is 16.2. The summed E-state index contributed by atoms with van der Waals surface area (Å²) in [5.74, 6) is -0.843. The highest BCUT2D eigenvalue weighted by atomic mass is 32.2. The molecule has 0 radical (unpaired) electrons. The topological polar surface area (TPSA) is 96.0 Å². The minimum atomic E-state index is -3.63. The van der Waals surface area contributed by atoms with Gasteiger partial charge in [-0.3, -0.25) is 9.69 Å². The molecule has 212 valence electrons. The standard InChI is InChI=1S/C30H35N3O5S2/c1-3-38-30(35)27-25-16-18-32(19-22-10-5-4-6-11-22)20-26(25)39-29(27)31-28(34)23-12-14-24(15-13-23)40(36,37)33-17-8-7-9-21(33)2/h4-6,10-15,21H,3,7-9,16-20H2,1-2H3,(H,31,34). The number of nitrogens with zero attached hydrogens (tertiary/aromatic N) is 2. The summed E-state index contributed by atoms with van der Waals surface area (Å²) in [6.45, 7) is 6.72. The maximum Gasteiger partial charge on any atom is 0.341 e. The van der Waals surface area contributed by atoms with Crippen molar-refractivity contribution in [3.05, 3.63) is 81.7 Å². The van der Waals surface area contributed by atoms with Crippen LogP contribution in [0.1, 0.15) is 69.8 Å². The van der Waals surface area contributed by atoms with E-state index in [-0.39, 0.29) is 17.5 Å². The third-order valence-corrected chi connectivity index (χ3v) is 10.7. The predicted molar refractivity (Wildman–Crippen MR) is 156 cm³/mol. The second kappa shape index (κ2) is 12.2. The Morgan fingerprint density at radius 2 is 1.80 bits per heavy atom. The monoisotopic (exact) mass is 581 g/mol. The summed E-state index contributed by atoms with van der Waals surface area (Å²) in [6.07, 6.45) is 3.40. The van der Waals surface area contributed by atoms with Crippen molar-refractivity contribution in [2.24, 2.45) is 0 Å². The van der Waals surface area contributed by atoms with Gasteiger partial charge in [0.1, 0.15) is 5.00 Å². The van der Waals surface area contributed by atoms with Crippen LogP contribution in [0.4, 0.5) is 5.00 Å². The zero-order valence-electron chi connectivity index (χ0n) is 22.9. The van der Waals surface area contributed by atoms with E-state index in [9.17, 15) is 18.0 Å². The summed E-state index contributed by atoms with van der Waals surface area (Å²) in [4.78, 5) is 29.8. The number of nitrogens with one attached hydrogen (secondary N) is 1. The maximum atomic E-state index is 13.3. The van der Waals surface area contributed by atoms with E-state index in [4.69, 9.17) is 4.74 Å². The maximum absolute atomic E-state index is 13.3. The molecule has 0 bridgehead atoms. The Hall–Kier alpha value is -3.05. The number of esters is 1. The molecule has 1 saturated heterocycles. The zero-order valence-corrected chi connectivity index (χ0v) is 24.5. The van der Waals surface area contributed by atoms with Crippen LogP contribution in [0.25, 0.3) is 0 Å². The molecule has 2 aromatic carbocycles. The fraction of sp³-hybridized carbons (Fsp3) is 0.400. The van der Waals surface area contributed by atoms with Crippen LogP contribution in [0.15, 0.2) is 59.5 Å². The van der Waals surface area contributed by atoms with E-state index < -0.39 is 21.9 Å². The van der Waals surface area contributed by atoms with Crippen molar-refractivity contribution in [3.63, 3.8) is 0 Å². The van der Waals surface area contributed by atoms with Gasteiger partial charge in [0.15, 0.2) is 0 Å². The number of fused-ring (bicyclic) bond motifs is 1. The molecular weight excluding hydrogens is 546 g/mol. The summed E-state index contributed by atoms with van der Waals surface area (Å²) >= 11 is 1.40. The fourth-order valence-corrected chi connectivity index (χ4v) is 8.43. The largest absolute Gasteiger partial charge is 0.462 e. The number of hydrogen-bond acceptors (Lipinski definition) is 7. The highest BCUT2D eigenvalue weighted by Crippen LogP contribution is 2.38. The van der Waals surface area contributed by atoms with Crippen molar-refractivity contribution in [1.82, 2.24) is 9.21 Å². The molecule has 1 atom stereocenters. The predicted octanol–water partition coefficient (Wildman–Crippen LogP) is 5.30. The number of carbonyl (C=O) groups excluding carboxylic acids is 2. The van der Waals surface area contributed by atoms with Gasteiger partial charge in [-0.15, -0.1) is 11.3 Å². The average Bonchev–Trinajstić information content (AvgIpc) is 3.31. The highest BCUT2D eigenvalue weighted by Gasteiger charge is 2.32. The first-order valence-corrected chi connectivity index (χ1v) is 16.0. The Labute approximate surface area is 240 Å². The molecule has 0 spiro atoms. The molecule has 40 heavy (non-hydrogen) atoms. The molecule has 10 heteroatoms. The molecule has 2 aliphatic heterocycles. The van der Waals surface area contributed by atoms with Gasteiger partial charge in [0.05, 0.1) is 17.1 Å². The quantitative estimate of drug-likeness (QED) is 0.363. The van der Waals surface area contributed by atoms with Crippen LogP contribution in [0.3, 0.4) is 0 Å². The summed E-state index contributed by atoms with van der Waals surface area (Å²) in [5.41, 5.74) is 2.90. The molecule has 1 aromatic heterocycles. The Bertz CT molecular complexity index is 1470. The number of rotatable bonds is 8. The minimum absolute atomic E-state index is 0.0449. The van der Waals surface area contributed by atoms with Crippen molar-refractivity contribution in [3.8, 4) is 0 Å². The zero-order chi connectivity index (χ0) is 28.3. The molecular formula is C30H35N3O5S2. The molecule has 0 aliphatic carbocycles. The molecule has 3 aromatic rings.